The second-order valence-corrected chi connectivity index (χ2v) is 5.33. The molecule has 0 bridgehead atoms. The van der Waals surface area contributed by atoms with Crippen molar-refractivity contribution in [2.45, 2.75) is 6.54 Å². The zero-order valence-electron chi connectivity index (χ0n) is 12.3. The number of carbonyl (C=O) groups excluding carboxylic acids is 1. The Bertz CT molecular complexity index is 646. The minimum Gasteiger partial charge on any atom is -0.465 e. The van der Waals surface area contributed by atoms with Gasteiger partial charge in [-0.2, -0.15) is 0 Å². The zero-order chi connectivity index (χ0) is 14.8. The smallest absolute Gasteiger partial charge is 0.338 e. The Labute approximate surface area is 123 Å². The van der Waals surface area contributed by atoms with Gasteiger partial charge in [0, 0.05) is 32.4 Å². The van der Waals surface area contributed by atoms with Crippen LogP contribution in [0.4, 0.5) is 0 Å². The summed E-state index contributed by atoms with van der Waals surface area (Å²) >= 11 is 0. The highest BCUT2D eigenvalue weighted by Crippen LogP contribution is 2.11. The second-order valence-electron chi connectivity index (χ2n) is 5.33. The van der Waals surface area contributed by atoms with Gasteiger partial charge in [-0.1, -0.05) is 0 Å². The minimum absolute atomic E-state index is 0.360. The van der Waals surface area contributed by atoms with Crippen molar-refractivity contribution in [1.82, 2.24) is 24.4 Å². The summed E-state index contributed by atoms with van der Waals surface area (Å²) in [7, 11) is 3.51. The Morgan fingerprint density at radius 3 is 2.76 bits per heavy atom. The Morgan fingerprint density at radius 1 is 1.29 bits per heavy atom. The van der Waals surface area contributed by atoms with Gasteiger partial charge in [-0.25, -0.2) is 4.79 Å². The summed E-state index contributed by atoms with van der Waals surface area (Å²) in [4.78, 5) is 16.2. The first-order chi connectivity index (χ1) is 10.2. The van der Waals surface area contributed by atoms with E-state index in [1.54, 1.807) is 12.1 Å². The maximum atomic E-state index is 11.5. The molecule has 3 rings (SSSR count). The molecule has 1 aliphatic rings. The molecular weight excluding hydrogens is 270 g/mol. The summed E-state index contributed by atoms with van der Waals surface area (Å²) in [6.07, 6.45) is 1.83. The number of rotatable bonds is 3. The molecular formula is C14H19N5O2. The Hall–Kier alpha value is -1.99. The van der Waals surface area contributed by atoms with E-state index in [1.165, 1.54) is 7.11 Å². The molecule has 112 valence electrons. The predicted octanol–water partition coefficient (Wildman–Crippen LogP) is 0.263. The van der Waals surface area contributed by atoms with Crippen LogP contribution in [-0.2, 0) is 11.3 Å². The normalized spacial score (nSPS) is 17.2. The van der Waals surface area contributed by atoms with Gasteiger partial charge in [0.1, 0.15) is 0 Å². The fourth-order valence-electron chi connectivity index (χ4n) is 2.50. The monoisotopic (exact) mass is 289 g/mol. The molecule has 3 heterocycles. The third-order valence-electron chi connectivity index (χ3n) is 3.86. The molecule has 0 amide bonds. The number of piperazine rings is 1. The molecule has 0 N–H and O–H groups in total. The maximum Gasteiger partial charge on any atom is 0.338 e. The van der Waals surface area contributed by atoms with Gasteiger partial charge in [0.05, 0.1) is 19.2 Å². The van der Waals surface area contributed by atoms with Crippen molar-refractivity contribution in [1.29, 1.82) is 0 Å². The number of esters is 1. The second kappa shape index (κ2) is 5.79. The molecule has 0 atom stereocenters. The SMILES string of the molecule is COC(=O)c1ccn2c(CN3CCN(C)CC3)nnc2c1. The highest BCUT2D eigenvalue weighted by Gasteiger charge is 2.17. The van der Waals surface area contributed by atoms with Crippen LogP contribution in [0.2, 0.25) is 0 Å². The van der Waals surface area contributed by atoms with Gasteiger partial charge in [0.15, 0.2) is 11.5 Å². The zero-order valence-corrected chi connectivity index (χ0v) is 12.3. The first kappa shape index (κ1) is 14.0. The third kappa shape index (κ3) is 2.88. The average Bonchev–Trinajstić information content (AvgIpc) is 2.91. The fraction of sp³-hybridized carbons (Fsp3) is 0.500. The number of carbonyl (C=O) groups is 1. The number of likely N-dealkylation sites (N-methyl/N-ethyl adjacent to an activating group) is 1. The van der Waals surface area contributed by atoms with Gasteiger partial charge in [0.2, 0.25) is 0 Å². The predicted molar refractivity (Wildman–Crippen MR) is 77.1 cm³/mol. The van der Waals surface area contributed by atoms with E-state index in [9.17, 15) is 4.79 Å². The summed E-state index contributed by atoms with van der Waals surface area (Å²) in [6, 6.07) is 3.43. The van der Waals surface area contributed by atoms with Crippen LogP contribution in [0.1, 0.15) is 16.2 Å². The molecule has 0 aliphatic carbocycles. The number of hydrogen-bond donors (Lipinski definition) is 0. The molecule has 0 saturated carbocycles. The lowest BCUT2D eigenvalue weighted by atomic mass is 10.2. The Morgan fingerprint density at radius 2 is 2.05 bits per heavy atom. The number of nitrogens with zero attached hydrogens (tertiary/aromatic N) is 5. The van der Waals surface area contributed by atoms with Crippen LogP contribution < -0.4 is 0 Å². The molecule has 2 aromatic rings. The van der Waals surface area contributed by atoms with Crippen LogP contribution in [-0.4, -0.2) is 70.7 Å². The molecule has 0 unspecified atom stereocenters. The van der Waals surface area contributed by atoms with Gasteiger partial charge in [0.25, 0.3) is 0 Å². The van der Waals surface area contributed by atoms with Crippen molar-refractivity contribution in [3.8, 4) is 0 Å². The van der Waals surface area contributed by atoms with E-state index in [0.717, 1.165) is 38.5 Å². The molecule has 7 heteroatoms. The van der Waals surface area contributed by atoms with Gasteiger partial charge >= 0.3 is 5.97 Å². The maximum absolute atomic E-state index is 11.5. The van der Waals surface area contributed by atoms with E-state index in [0.29, 0.717) is 11.2 Å². The van der Waals surface area contributed by atoms with E-state index in [-0.39, 0.29) is 5.97 Å². The fourth-order valence-corrected chi connectivity index (χ4v) is 2.50. The molecule has 1 aliphatic heterocycles. The molecule has 21 heavy (non-hydrogen) atoms. The number of ether oxygens (including phenoxy) is 1. The van der Waals surface area contributed by atoms with Crippen LogP contribution in [0.5, 0.6) is 0 Å². The van der Waals surface area contributed by atoms with Gasteiger partial charge in [-0.05, 0) is 19.2 Å². The van der Waals surface area contributed by atoms with E-state index in [1.807, 2.05) is 10.6 Å². The van der Waals surface area contributed by atoms with Crippen molar-refractivity contribution in [2.75, 3.05) is 40.3 Å². The lowest BCUT2D eigenvalue weighted by Crippen LogP contribution is -2.44. The number of aromatic nitrogens is 3. The number of hydrogen-bond acceptors (Lipinski definition) is 6. The summed E-state index contributed by atoms with van der Waals surface area (Å²) < 4.78 is 6.64. The molecule has 7 nitrogen and oxygen atoms in total. The Kier molecular flexibility index (Phi) is 3.85. The van der Waals surface area contributed by atoms with Crippen LogP contribution in [0, 0.1) is 0 Å². The lowest BCUT2D eigenvalue weighted by Gasteiger charge is -2.31. The summed E-state index contributed by atoms with van der Waals surface area (Å²) in [5.41, 5.74) is 1.16. The third-order valence-corrected chi connectivity index (χ3v) is 3.86. The van der Waals surface area contributed by atoms with Crippen LogP contribution in [0.25, 0.3) is 5.65 Å². The Balaban J connectivity index is 1.79. The van der Waals surface area contributed by atoms with Crippen LogP contribution in [0.15, 0.2) is 18.3 Å². The van der Waals surface area contributed by atoms with Crippen LogP contribution in [0.3, 0.4) is 0 Å². The lowest BCUT2D eigenvalue weighted by molar-refractivity contribution is 0.0600. The highest BCUT2D eigenvalue weighted by molar-refractivity contribution is 5.90. The number of fused-ring (bicyclic) bond motifs is 1. The van der Waals surface area contributed by atoms with Crippen molar-refractivity contribution in [2.24, 2.45) is 0 Å². The van der Waals surface area contributed by atoms with Crippen LogP contribution >= 0.6 is 0 Å². The summed E-state index contributed by atoms with van der Waals surface area (Å²) in [5.74, 6) is 0.534. The van der Waals surface area contributed by atoms with Crippen molar-refractivity contribution in [3.63, 3.8) is 0 Å². The van der Waals surface area contributed by atoms with Gasteiger partial charge < -0.3 is 9.64 Å². The minimum atomic E-state index is -0.360. The molecule has 0 radical (unpaired) electrons. The van der Waals surface area contributed by atoms with E-state index in [4.69, 9.17) is 4.74 Å². The number of pyridine rings is 1. The van der Waals surface area contributed by atoms with Crippen molar-refractivity contribution < 1.29 is 9.53 Å². The standard InChI is InChI=1S/C14H19N5O2/c1-17-5-7-18(8-6-17)10-13-16-15-12-9-11(14(20)21-2)3-4-19(12)13/h3-4,9H,5-8,10H2,1-2H3. The van der Waals surface area contributed by atoms with Gasteiger partial charge in [-0.3, -0.25) is 9.30 Å². The van der Waals surface area contributed by atoms with E-state index in [2.05, 4.69) is 27.0 Å². The first-order valence-electron chi connectivity index (χ1n) is 7.00. The average molecular weight is 289 g/mol. The van der Waals surface area contributed by atoms with Gasteiger partial charge in [-0.15, -0.1) is 10.2 Å². The van der Waals surface area contributed by atoms with E-state index >= 15 is 0 Å². The topological polar surface area (TPSA) is 63.0 Å². The molecule has 0 aromatic carbocycles. The quantitative estimate of drug-likeness (QED) is 0.756. The van der Waals surface area contributed by atoms with E-state index < -0.39 is 0 Å². The largest absolute Gasteiger partial charge is 0.465 e. The molecule has 1 fully saturated rings. The van der Waals surface area contributed by atoms with Crippen molar-refractivity contribution in [3.05, 3.63) is 29.7 Å². The summed E-state index contributed by atoms with van der Waals surface area (Å²) in [5, 5.41) is 8.38. The number of methoxy groups -OCH3 is 1. The molecule has 1 saturated heterocycles. The summed E-state index contributed by atoms with van der Waals surface area (Å²) in [6.45, 7) is 4.98. The van der Waals surface area contributed by atoms with Crippen molar-refractivity contribution >= 4 is 11.6 Å². The molecule has 0 spiro atoms. The highest BCUT2D eigenvalue weighted by atomic mass is 16.5. The first-order valence-corrected chi connectivity index (χ1v) is 7.00. The molecule has 2 aromatic heterocycles.